The maximum absolute atomic E-state index is 13.3. The van der Waals surface area contributed by atoms with E-state index < -0.39 is 6.04 Å². The molecule has 1 atom stereocenters. The van der Waals surface area contributed by atoms with Crippen LogP contribution in [0, 0.1) is 6.92 Å². The molecule has 4 aromatic rings. The van der Waals surface area contributed by atoms with Crippen LogP contribution in [0.25, 0.3) is 17.0 Å². The van der Waals surface area contributed by atoms with E-state index in [9.17, 15) is 4.79 Å². The summed E-state index contributed by atoms with van der Waals surface area (Å²) in [4.78, 5) is 19.6. The molecule has 0 fully saturated rings. The van der Waals surface area contributed by atoms with Crippen LogP contribution in [0.5, 0.6) is 5.75 Å². The van der Waals surface area contributed by atoms with Crippen LogP contribution in [-0.2, 0) is 0 Å². The lowest BCUT2D eigenvalue weighted by molar-refractivity contribution is 0.244. The molecule has 35 heavy (non-hydrogen) atoms. The van der Waals surface area contributed by atoms with Crippen LogP contribution >= 0.6 is 11.6 Å². The van der Waals surface area contributed by atoms with Gasteiger partial charge in [-0.15, -0.1) is 0 Å². The van der Waals surface area contributed by atoms with E-state index in [-0.39, 0.29) is 6.03 Å². The number of methoxy groups -OCH3 is 1. The Hall–Kier alpha value is -4.10. The molecule has 3 aromatic carbocycles. The Bertz CT molecular complexity index is 1410. The van der Waals surface area contributed by atoms with Gasteiger partial charge in [0, 0.05) is 16.3 Å². The minimum Gasteiger partial charge on any atom is -0.497 e. The fourth-order valence-electron chi connectivity index (χ4n) is 4.14. The van der Waals surface area contributed by atoms with E-state index in [0.717, 1.165) is 22.4 Å². The van der Waals surface area contributed by atoms with Crippen molar-refractivity contribution in [3.05, 3.63) is 101 Å². The van der Waals surface area contributed by atoms with Crippen molar-refractivity contribution in [2.75, 3.05) is 12.0 Å². The lowest BCUT2D eigenvalue weighted by atomic mass is 9.94. The van der Waals surface area contributed by atoms with Crippen molar-refractivity contribution in [3.63, 3.8) is 0 Å². The monoisotopic (exact) mass is 486 g/mol. The Morgan fingerprint density at radius 1 is 1.03 bits per heavy atom. The molecule has 2 heterocycles. The molecule has 0 bridgehead atoms. The second-order valence-corrected chi connectivity index (χ2v) is 8.70. The summed E-state index contributed by atoms with van der Waals surface area (Å²) >= 11 is 6.03. The Morgan fingerprint density at radius 3 is 2.49 bits per heavy atom. The fraction of sp³-hybridized carbons (Fsp3) is 0.148. The number of allylic oxidation sites excluding steroid dienone is 1. The van der Waals surface area contributed by atoms with E-state index in [1.54, 1.807) is 24.1 Å². The van der Waals surface area contributed by atoms with Gasteiger partial charge in [0.1, 0.15) is 5.75 Å². The number of nitrogens with one attached hydrogen (secondary N) is 1. The molecule has 8 heteroatoms. The van der Waals surface area contributed by atoms with Gasteiger partial charge in [0.15, 0.2) is 0 Å². The van der Waals surface area contributed by atoms with Gasteiger partial charge >= 0.3 is 6.03 Å². The van der Waals surface area contributed by atoms with Gasteiger partial charge in [0.25, 0.3) is 5.89 Å². The molecule has 7 nitrogen and oxygen atoms in total. The summed E-state index contributed by atoms with van der Waals surface area (Å²) in [5.41, 5.74) is 4.84. The zero-order valence-corrected chi connectivity index (χ0v) is 20.2. The molecule has 5 rings (SSSR count). The van der Waals surface area contributed by atoms with Gasteiger partial charge in [-0.05, 0) is 67.9 Å². The summed E-state index contributed by atoms with van der Waals surface area (Å²) in [6.07, 6.45) is 0. The van der Waals surface area contributed by atoms with Crippen LogP contribution < -0.4 is 15.0 Å². The van der Waals surface area contributed by atoms with Gasteiger partial charge in [-0.1, -0.05) is 46.6 Å². The number of halogens is 1. The number of aryl methyl sites for hydroxylation is 1. The van der Waals surface area contributed by atoms with Crippen molar-refractivity contribution in [3.8, 4) is 17.1 Å². The van der Waals surface area contributed by atoms with Gasteiger partial charge in [0.2, 0.25) is 5.82 Å². The Labute approximate surface area is 208 Å². The molecule has 0 saturated heterocycles. The number of carbonyl (C=O) groups excluding carboxylic acids is 1. The molecule has 0 saturated carbocycles. The van der Waals surface area contributed by atoms with Crippen LogP contribution in [0.3, 0.4) is 0 Å². The van der Waals surface area contributed by atoms with Crippen molar-refractivity contribution in [1.82, 2.24) is 15.5 Å². The number of amides is 2. The molecule has 1 unspecified atom stereocenters. The first-order valence-electron chi connectivity index (χ1n) is 11.1. The number of benzene rings is 3. The first-order valence-corrected chi connectivity index (χ1v) is 11.4. The third-order valence-corrected chi connectivity index (χ3v) is 6.21. The lowest BCUT2D eigenvalue weighted by Gasteiger charge is -2.35. The number of nitrogens with zero attached hydrogens (tertiary/aromatic N) is 3. The second kappa shape index (κ2) is 9.27. The number of anilines is 1. The molecule has 0 aliphatic carbocycles. The number of hydrogen-bond donors (Lipinski definition) is 1. The Morgan fingerprint density at radius 2 is 1.77 bits per heavy atom. The highest BCUT2D eigenvalue weighted by molar-refractivity contribution is 6.30. The molecule has 1 aliphatic heterocycles. The maximum Gasteiger partial charge on any atom is 0.326 e. The molecular formula is C27H23ClN4O3. The summed E-state index contributed by atoms with van der Waals surface area (Å²) in [6.45, 7) is 3.89. The van der Waals surface area contributed by atoms with Crippen LogP contribution in [0.15, 0.2) is 83.0 Å². The predicted octanol–water partition coefficient (Wildman–Crippen LogP) is 6.41. The number of aromatic nitrogens is 2. The second-order valence-electron chi connectivity index (χ2n) is 8.26. The molecule has 176 valence electrons. The van der Waals surface area contributed by atoms with Crippen LogP contribution in [0.1, 0.15) is 30.0 Å². The quantitative estimate of drug-likeness (QED) is 0.352. The molecule has 2 amide bonds. The zero-order chi connectivity index (χ0) is 24.5. The van der Waals surface area contributed by atoms with Crippen molar-refractivity contribution >= 4 is 28.9 Å². The first kappa shape index (κ1) is 22.7. The summed E-state index contributed by atoms with van der Waals surface area (Å²) in [5.74, 6) is 1.43. The third kappa shape index (κ3) is 4.38. The molecule has 1 aliphatic rings. The van der Waals surface area contributed by atoms with Gasteiger partial charge in [-0.3, -0.25) is 4.90 Å². The Balaban J connectivity index is 1.65. The SMILES string of the molecule is COc1cccc(C2NC(=O)N(c3ccc(C)cc3)C(C)=C2c2nc(-c3ccc(Cl)cc3)no2)c1. The maximum atomic E-state index is 13.3. The highest BCUT2D eigenvalue weighted by Gasteiger charge is 2.36. The van der Waals surface area contributed by atoms with Crippen molar-refractivity contribution < 1.29 is 14.1 Å². The number of ether oxygens (including phenoxy) is 1. The normalized spacial score (nSPS) is 15.8. The van der Waals surface area contributed by atoms with E-state index in [1.165, 1.54) is 0 Å². The van der Waals surface area contributed by atoms with Gasteiger partial charge in [0.05, 0.1) is 24.4 Å². The predicted molar refractivity (Wildman–Crippen MR) is 135 cm³/mol. The van der Waals surface area contributed by atoms with Crippen LogP contribution in [0.4, 0.5) is 10.5 Å². The summed E-state index contributed by atoms with van der Waals surface area (Å²) < 4.78 is 11.2. The highest BCUT2D eigenvalue weighted by Crippen LogP contribution is 2.39. The first-order chi connectivity index (χ1) is 16.9. The largest absolute Gasteiger partial charge is 0.497 e. The molecular weight excluding hydrogens is 464 g/mol. The van der Waals surface area contributed by atoms with Crippen LogP contribution in [0.2, 0.25) is 5.02 Å². The summed E-state index contributed by atoms with van der Waals surface area (Å²) in [7, 11) is 1.61. The zero-order valence-electron chi connectivity index (χ0n) is 19.4. The van der Waals surface area contributed by atoms with Crippen LogP contribution in [-0.4, -0.2) is 23.3 Å². The van der Waals surface area contributed by atoms with E-state index in [0.29, 0.717) is 33.8 Å². The number of hydrogen-bond acceptors (Lipinski definition) is 5. The summed E-state index contributed by atoms with van der Waals surface area (Å²) in [6, 6.07) is 21.8. The fourth-order valence-corrected chi connectivity index (χ4v) is 4.27. The Kier molecular flexibility index (Phi) is 6.01. The number of carbonyl (C=O) groups is 1. The molecule has 1 N–H and O–H groups in total. The molecule has 0 radical (unpaired) electrons. The van der Waals surface area contributed by atoms with E-state index in [2.05, 4.69) is 15.5 Å². The van der Waals surface area contributed by atoms with E-state index in [4.69, 9.17) is 20.9 Å². The minimum atomic E-state index is -0.516. The van der Waals surface area contributed by atoms with Gasteiger partial charge in [-0.25, -0.2) is 4.79 Å². The number of urea groups is 1. The minimum absolute atomic E-state index is 0.250. The van der Waals surface area contributed by atoms with Gasteiger partial charge < -0.3 is 14.6 Å². The lowest BCUT2D eigenvalue weighted by Crippen LogP contribution is -2.46. The van der Waals surface area contributed by atoms with E-state index >= 15 is 0 Å². The van der Waals surface area contributed by atoms with Crippen molar-refractivity contribution in [2.45, 2.75) is 19.9 Å². The van der Waals surface area contributed by atoms with Gasteiger partial charge in [-0.2, -0.15) is 4.98 Å². The smallest absolute Gasteiger partial charge is 0.326 e. The van der Waals surface area contributed by atoms with Crippen molar-refractivity contribution in [2.24, 2.45) is 0 Å². The average Bonchev–Trinajstić information content (AvgIpc) is 3.35. The number of rotatable bonds is 5. The molecule has 1 aromatic heterocycles. The third-order valence-electron chi connectivity index (χ3n) is 5.96. The van der Waals surface area contributed by atoms with E-state index in [1.807, 2.05) is 74.5 Å². The van der Waals surface area contributed by atoms with Crippen molar-refractivity contribution in [1.29, 1.82) is 0 Å². The standard InChI is InChI=1S/C27H23ClN4O3/c1-16-7-13-21(14-8-16)32-17(2)23(24(29-27(32)33)19-5-4-6-22(15-19)34-3)26-30-25(31-35-26)18-9-11-20(28)12-10-18/h4-15,24H,1-3H3,(H,29,33). The average molecular weight is 487 g/mol. The molecule has 0 spiro atoms. The highest BCUT2D eigenvalue weighted by atomic mass is 35.5. The summed E-state index contributed by atoms with van der Waals surface area (Å²) in [5, 5.41) is 7.93. The topological polar surface area (TPSA) is 80.5 Å².